The van der Waals surface area contributed by atoms with Crippen LogP contribution in [0.3, 0.4) is 0 Å². The maximum absolute atomic E-state index is 12.1. The van der Waals surface area contributed by atoms with Crippen molar-refractivity contribution in [3.63, 3.8) is 0 Å². The van der Waals surface area contributed by atoms with Gasteiger partial charge in [-0.3, -0.25) is 9.67 Å². The van der Waals surface area contributed by atoms with Crippen LogP contribution in [-0.4, -0.2) is 41.6 Å². The number of carbonyl (C=O) groups is 1. The molecule has 0 fully saturated rings. The Kier molecular flexibility index (Phi) is 9.33. The molecule has 2 rings (SSSR count). The first-order valence-corrected chi connectivity index (χ1v) is 11.8. The van der Waals surface area contributed by atoms with Crippen LogP contribution in [0.15, 0.2) is 29.3 Å². The van der Waals surface area contributed by atoms with Gasteiger partial charge in [-0.15, -0.1) is 0 Å². The third-order valence-electron chi connectivity index (χ3n) is 5.01. The van der Waals surface area contributed by atoms with Crippen LogP contribution in [-0.2, 0) is 26.2 Å². The van der Waals surface area contributed by atoms with E-state index in [1.807, 2.05) is 26.0 Å². The summed E-state index contributed by atoms with van der Waals surface area (Å²) in [6, 6.07) is 8.21. The van der Waals surface area contributed by atoms with E-state index in [1.165, 1.54) is 5.56 Å². The number of allylic oxidation sites excluding steroid dienone is 1. The molecule has 0 radical (unpaired) electrons. The summed E-state index contributed by atoms with van der Waals surface area (Å²) in [5, 5.41) is 4.99. The Bertz CT molecular complexity index is 1050. The standard InChI is InChI=1S/C26H36ClN3O4/c1-10-30-23(22(27)17(4)29-30)24(33-18(5)34-25(31)32-16(2)3)21(15-28-9)19-11-13-20(14-12-19)26(6,7)8/h11-16,18H,10H2,1-9H3/b24-21-,28-15?. The van der Waals surface area contributed by atoms with Gasteiger partial charge < -0.3 is 14.2 Å². The number of aromatic nitrogens is 2. The molecule has 0 saturated heterocycles. The Balaban J connectivity index is 2.67. The lowest BCUT2D eigenvalue weighted by Crippen LogP contribution is -2.22. The van der Waals surface area contributed by atoms with Crippen molar-refractivity contribution in [1.29, 1.82) is 0 Å². The Morgan fingerprint density at radius 2 is 1.76 bits per heavy atom. The minimum Gasteiger partial charge on any atom is -0.452 e. The normalized spacial score (nSPS) is 13.7. The molecular weight excluding hydrogens is 454 g/mol. The largest absolute Gasteiger partial charge is 0.511 e. The van der Waals surface area contributed by atoms with Gasteiger partial charge in [0.15, 0.2) is 5.76 Å². The Hall–Kier alpha value is -2.80. The maximum atomic E-state index is 12.1. The van der Waals surface area contributed by atoms with Crippen molar-refractivity contribution in [2.75, 3.05) is 7.05 Å². The van der Waals surface area contributed by atoms with Gasteiger partial charge in [0.2, 0.25) is 6.29 Å². The van der Waals surface area contributed by atoms with Crippen molar-refractivity contribution in [3.05, 3.63) is 51.8 Å². The third kappa shape index (κ3) is 6.86. The monoisotopic (exact) mass is 489 g/mol. The lowest BCUT2D eigenvalue weighted by Gasteiger charge is -2.22. The number of hydrogen-bond donors (Lipinski definition) is 0. The molecular formula is C26H36ClN3O4. The lowest BCUT2D eigenvalue weighted by molar-refractivity contribution is -0.0734. The fourth-order valence-corrected chi connectivity index (χ4v) is 3.56. The zero-order chi connectivity index (χ0) is 25.6. The van der Waals surface area contributed by atoms with Crippen LogP contribution in [0.5, 0.6) is 0 Å². The Morgan fingerprint density at radius 3 is 2.26 bits per heavy atom. The summed E-state index contributed by atoms with van der Waals surface area (Å²) in [6.07, 6.45) is -0.364. The Morgan fingerprint density at radius 1 is 1.15 bits per heavy atom. The van der Waals surface area contributed by atoms with E-state index in [4.69, 9.17) is 25.8 Å². The molecule has 1 aromatic carbocycles. The van der Waals surface area contributed by atoms with E-state index in [9.17, 15) is 4.79 Å². The predicted molar refractivity (Wildman–Crippen MR) is 137 cm³/mol. The molecule has 186 valence electrons. The van der Waals surface area contributed by atoms with Gasteiger partial charge in [0, 0.05) is 32.3 Å². The van der Waals surface area contributed by atoms with Gasteiger partial charge in [-0.25, -0.2) is 4.79 Å². The Labute approximate surface area is 207 Å². The number of aryl methyl sites for hydroxylation is 2. The van der Waals surface area contributed by atoms with Crippen molar-refractivity contribution < 1.29 is 19.0 Å². The topological polar surface area (TPSA) is 74.9 Å². The van der Waals surface area contributed by atoms with Crippen LogP contribution >= 0.6 is 11.6 Å². The number of ether oxygens (including phenoxy) is 3. The first-order valence-electron chi connectivity index (χ1n) is 11.4. The van der Waals surface area contributed by atoms with Gasteiger partial charge in [0.1, 0.15) is 5.69 Å². The number of halogens is 1. The molecule has 0 aliphatic carbocycles. The summed E-state index contributed by atoms with van der Waals surface area (Å²) in [7, 11) is 1.69. The SMILES string of the molecule is CCn1nc(C)c(Cl)c1/C(OC(C)OC(=O)OC(C)C)=C(\C=NC)c1ccc(C(C)(C)C)cc1. The van der Waals surface area contributed by atoms with Crippen molar-refractivity contribution in [1.82, 2.24) is 9.78 Å². The second kappa shape index (κ2) is 11.6. The fourth-order valence-electron chi connectivity index (χ4n) is 3.34. The van der Waals surface area contributed by atoms with Gasteiger partial charge in [-0.1, -0.05) is 56.6 Å². The van der Waals surface area contributed by atoms with Crippen LogP contribution in [0.25, 0.3) is 11.3 Å². The van der Waals surface area contributed by atoms with E-state index in [0.717, 1.165) is 5.56 Å². The molecule has 1 atom stereocenters. The molecule has 0 aliphatic heterocycles. The van der Waals surface area contributed by atoms with E-state index in [0.29, 0.717) is 34.3 Å². The predicted octanol–water partition coefficient (Wildman–Crippen LogP) is 6.66. The van der Waals surface area contributed by atoms with Crippen molar-refractivity contribution in [3.8, 4) is 0 Å². The number of benzene rings is 1. The lowest BCUT2D eigenvalue weighted by atomic mass is 9.86. The molecule has 2 aromatic rings. The van der Waals surface area contributed by atoms with E-state index >= 15 is 0 Å². The average molecular weight is 490 g/mol. The first-order chi connectivity index (χ1) is 15.9. The van der Waals surface area contributed by atoms with Gasteiger partial charge >= 0.3 is 6.16 Å². The summed E-state index contributed by atoms with van der Waals surface area (Å²) < 4.78 is 18.4. The smallest absolute Gasteiger partial charge is 0.452 e. The molecule has 0 aliphatic rings. The number of aliphatic imine (C=N–C) groups is 1. The zero-order valence-electron chi connectivity index (χ0n) is 21.6. The van der Waals surface area contributed by atoms with E-state index in [1.54, 1.807) is 38.7 Å². The van der Waals surface area contributed by atoms with Crippen LogP contribution in [0.1, 0.15) is 71.0 Å². The van der Waals surface area contributed by atoms with E-state index in [2.05, 4.69) is 43.0 Å². The first kappa shape index (κ1) is 27.4. The average Bonchev–Trinajstić information content (AvgIpc) is 3.03. The van der Waals surface area contributed by atoms with Crippen molar-refractivity contribution in [2.45, 2.75) is 79.7 Å². The summed E-state index contributed by atoms with van der Waals surface area (Å²) in [6.45, 7) is 16.0. The number of rotatable bonds is 8. The molecule has 1 unspecified atom stereocenters. The van der Waals surface area contributed by atoms with Crippen LogP contribution in [0.2, 0.25) is 5.02 Å². The summed E-state index contributed by atoms with van der Waals surface area (Å²) in [5.41, 5.74) is 4.04. The molecule has 0 N–H and O–H groups in total. The molecule has 1 heterocycles. The molecule has 0 spiro atoms. The van der Waals surface area contributed by atoms with Crippen molar-refractivity contribution >= 4 is 35.3 Å². The van der Waals surface area contributed by atoms with Crippen LogP contribution in [0.4, 0.5) is 4.79 Å². The summed E-state index contributed by atoms with van der Waals surface area (Å²) in [5.74, 6) is 0.409. The molecule has 1 aromatic heterocycles. The fraction of sp³-hybridized carbons (Fsp3) is 0.500. The highest BCUT2D eigenvalue weighted by Gasteiger charge is 2.26. The molecule has 0 bridgehead atoms. The molecule has 7 nitrogen and oxygen atoms in total. The summed E-state index contributed by atoms with van der Waals surface area (Å²) in [4.78, 5) is 16.3. The highest BCUT2D eigenvalue weighted by Crippen LogP contribution is 2.35. The minimum atomic E-state index is -0.952. The minimum absolute atomic E-state index is 0.0148. The second-order valence-electron chi connectivity index (χ2n) is 9.24. The van der Waals surface area contributed by atoms with Gasteiger partial charge in [0.05, 0.1) is 16.8 Å². The number of hydrogen-bond acceptors (Lipinski definition) is 6. The quantitative estimate of drug-likeness (QED) is 0.179. The van der Waals surface area contributed by atoms with Crippen LogP contribution < -0.4 is 0 Å². The van der Waals surface area contributed by atoms with Crippen LogP contribution in [0, 0.1) is 6.92 Å². The highest BCUT2D eigenvalue weighted by atomic mass is 35.5. The zero-order valence-corrected chi connectivity index (χ0v) is 22.4. The van der Waals surface area contributed by atoms with E-state index in [-0.39, 0.29) is 11.5 Å². The molecule has 0 saturated carbocycles. The molecule has 0 amide bonds. The van der Waals surface area contributed by atoms with E-state index < -0.39 is 12.4 Å². The van der Waals surface area contributed by atoms with Crippen molar-refractivity contribution in [2.24, 2.45) is 4.99 Å². The van der Waals surface area contributed by atoms with Gasteiger partial charge in [0.25, 0.3) is 0 Å². The third-order valence-corrected chi connectivity index (χ3v) is 5.46. The maximum Gasteiger partial charge on any atom is 0.511 e. The number of carbonyl (C=O) groups excluding carboxylic acids is 1. The van der Waals surface area contributed by atoms with Gasteiger partial charge in [-0.2, -0.15) is 5.10 Å². The van der Waals surface area contributed by atoms with Gasteiger partial charge in [-0.05, 0) is 44.2 Å². The molecule has 34 heavy (non-hydrogen) atoms. The molecule has 8 heteroatoms. The summed E-state index contributed by atoms with van der Waals surface area (Å²) >= 11 is 6.69. The number of nitrogens with zero attached hydrogens (tertiary/aromatic N) is 3. The highest BCUT2D eigenvalue weighted by molar-refractivity contribution is 6.33. The second-order valence-corrected chi connectivity index (χ2v) is 9.62.